The molecule has 16 heavy (non-hydrogen) atoms. The molecule has 0 aliphatic heterocycles. The van der Waals surface area contributed by atoms with Crippen molar-refractivity contribution in [3.63, 3.8) is 0 Å². The molecule has 90 valence electrons. The molecule has 0 bridgehead atoms. The zero-order chi connectivity index (χ0) is 11.5. The molecule has 1 aromatic rings. The Morgan fingerprint density at radius 3 is 2.69 bits per heavy atom. The van der Waals surface area contributed by atoms with Crippen molar-refractivity contribution >= 4 is 27.3 Å². The highest BCUT2D eigenvalue weighted by Crippen LogP contribution is 2.37. The summed E-state index contributed by atoms with van der Waals surface area (Å²) < 4.78 is 1.24. The lowest BCUT2D eigenvalue weighted by Gasteiger charge is -2.37. The van der Waals surface area contributed by atoms with Gasteiger partial charge in [0.1, 0.15) is 0 Å². The quantitative estimate of drug-likeness (QED) is 0.864. The van der Waals surface area contributed by atoms with Gasteiger partial charge in [-0.3, -0.25) is 0 Å². The van der Waals surface area contributed by atoms with Gasteiger partial charge in [0.25, 0.3) is 0 Å². The lowest BCUT2D eigenvalue weighted by molar-refractivity contribution is 0.169. The molecule has 0 spiro atoms. The smallest absolute Gasteiger partial charge is 0.0285 e. The molecule has 1 nitrogen and oxygen atoms in total. The zero-order valence-electron chi connectivity index (χ0n) is 10.0. The summed E-state index contributed by atoms with van der Waals surface area (Å²) in [5, 5.41) is 5.75. The minimum absolute atomic E-state index is 0.622. The number of thiophene rings is 1. The Morgan fingerprint density at radius 2 is 2.19 bits per heavy atom. The molecule has 1 saturated carbocycles. The first-order chi connectivity index (χ1) is 7.65. The summed E-state index contributed by atoms with van der Waals surface area (Å²) in [7, 11) is 0. The van der Waals surface area contributed by atoms with Gasteiger partial charge >= 0.3 is 0 Å². The van der Waals surface area contributed by atoms with Crippen molar-refractivity contribution in [1.82, 2.24) is 5.32 Å². The van der Waals surface area contributed by atoms with Crippen molar-refractivity contribution in [3.8, 4) is 0 Å². The molecule has 0 amide bonds. The van der Waals surface area contributed by atoms with E-state index in [4.69, 9.17) is 0 Å². The zero-order valence-corrected chi connectivity index (χ0v) is 12.4. The van der Waals surface area contributed by atoms with E-state index in [-0.39, 0.29) is 0 Å². The van der Waals surface area contributed by atoms with Crippen LogP contribution in [0.5, 0.6) is 0 Å². The monoisotopic (exact) mass is 301 g/mol. The highest BCUT2D eigenvalue weighted by Gasteiger charge is 2.30. The van der Waals surface area contributed by atoms with Crippen molar-refractivity contribution in [3.05, 3.63) is 20.8 Å². The van der Waals surface area contributed by atoms with Crippen molar-refractivity contribution < 1.29 is 0 Å². The van der Waals surface area contributed by atoms with E-state index in [1.54, 1.807) is 0 Å². The van der Waals surface area contributed by atoms with E-state index in [2.05, 4.69) is 46.5 Å². The molecule has 2 rings (SSSR count). The Balaban J connectivity index is 1.78. The molecule has 1 N–H and O–H groups in total. The Labute approximate surface area is 111 Å². The molecule has 1 aliphatic carbocycles. The van der Waals surface area contributed by atoms with Crippen LogP contribution in [-0.2, 0) is 6.42 Å². The van der Waals surface area contributed by atoms with Gasteiger partial charge < -0.3 is 5.32 Å². The second-order valence-electron chi connectivity index (χ2n) is 5.10. The SMILES string of the molecule is CC(C)NCC1CCC1Cc1cc(Br)cs1. The lowest BCUT2D eigenvalue weighted by Crippen LogP contribution is -2.38. The van der Waals surface area contributed by atoms with Crippen molar-refractivity contribution in [2.75, 3.05) is 6.54 Å². The van der Waals surface area contributed by atoms with Gasteiger partial charge in [-0.15, -0.1) is 11.3 Å². The van der Waals surface area contributed by atoms with Gasteiger partial charge in [-0.25, -0.2) is 0 Å². The molecular weight excluding hydrogens is 282 g/mol. The van der Waals surface area contributed by atoms with Crippen LogP contribution in [0, 0.1) is 11.8 Å². The second kappa shape index (κ2) is 5.65. The summed E-state index contributed by atoms with van der Waals surface area (Å²) in [5.74, 6) is 1.82. The summed E-state index contributed by atoms with van der Waals surface area (Å²) in [6, 6.07) is 2.90. The first kappa shape index (κ1) is 12.6. The van der Waals surface area contributed by atoms with E-state index in [9.17, 15) is 0 Å². The van der Waals surface area contributed by atoms with E-state index in [0.29, 0.717) is 6.04 Å². The molecule has 2 unspecified atom stereocenters. The van der Waals surface area contributed by atoms with Gasteiger partial charge in [0, 0.05) is 20.8 Å². The Hall–Kier alpha value is 0.140. The average Bonchev–Trinajstić information content (AvgIpc) is 2.59. The fourth-order valence-electron chi connectivity index (χ4n) is 2.28. The normalized spacial score (nSPS) is 24.8. The number of hydrogen-bond acceptors (Lipinski definition) is 2. The molecular formula is C13H20BrNS. The van der Waals surface area contributed by atoms with E-state index >= 15 is 0 Å². The fraction of sp³-hybridized carbons (Fsp3) is 0.692. The van der Waals surface area contributed by atoms with Crippen LogP contribution in [0.4, 0.5) is 0 Å². The summed E-state index contributed by atoms with van der Waals surface area (Å²) in [5.41, 5.74) is 0. The fourth-order valence-corrected chi connectivity index (χ4v) is 3.83. The molecule has 0 radical (unpaired) electrons. The summed E-state index contributed by atoms with van der Waals surface area (Å²) >= 11 is 5.41. The summed E-state index contributed by atoms with van der Waals surface area (Å²) in [6.45, 7) is 5.66. The van der Waals surface area contributed by atoms with Crippen LogP contribution in [0.1, 0.15) is 31.6 Å². The second-order valence-corrected chi connectivity index (χ2v) is 7.01. The standard InChI is InChI=1S/C13H20BrNS/c1-9(2)15-7-11-4-3-10(11)5-13-6-12(14)8-16-13/h6,8-11,15H,3-5,7H2,1-2H3. The van der Waals surface area contributed by atoms with Gasteiger partial charge in [-0.05, 0) is 59.6 Å². The van der Waals surface area contributed by atoms with Gasteiger partial charge in [0.2, 0.25) is 0 Å². The van der Waals surface area contributed by atoms with Crippen LogP contribution in [-0.4, -0.2) is 12.6 Å². The minimum atomic E-state index is 0.622. The van der Waals surface area contributed by atoms with Crippen LogP contribution in [0.25, 0.3) is 0 Å². The largest absolute Gasteiger partial charge is 0.314 e. The molecule has 3 heteroatoms. The van der Waals surface area contributed by atoms with Crippen molar-refractivity contribution in [2.45, 2.75) is 39.2 Å². The molecule has 1 heterocycles. The van der Waals surface area contributed by atoms with Crippen LogP contribution in [0.2, 0.25) is 0 Å². The highest BCUT2D eigenvalue weighted by atomic mass is 79.9. The number of halogens is 1. The Kier molecular flexibility index (Phi) is 4.45. The minimum Gasteiger partial charge on any atom is -0.314 e. The molecule has 0 saturated heterocycles. The average molecular weight is 302 g/mol. The van der Waals surface area contributed by atoms with Gasteiger partial charge in [-0.2, -0.15) is 0 Å². The highest BCUT2D eigenvalue weighted by molar-refractivity contribution is 9.10. The molecule has 1 fully saturated rings. The maximum absolute atomic E-state index is 3.56. The Bertz CT molecular complexity index is 334. The van der Waals surface area contributed by atoms with Crippen LogP contribution >= 0.6 is 27.3 Å². The topological polar surface area (TPSA) is 12.0 Å². The molecule has 1 aromatic heterocycles. The van der Waals surface area contributed by atoms with Crippen LogP contribution in [0.15, 0.2) is 15.9 Å². The van der Waals surface area contributed by atoms with Crippen LogP contribution < -0.4 is 5.32 Å². The Morgan fingerprint density at radius 1 is 1.44 bits per heavy atom. The third-order valence-electron chi connectivity index (χ3n) is 3.45. The first-order valence-electron chi connectivity index (χ1n) is 6.11. The third kappa shape index (κ3) is 3.31. The van der Waals surface area contributed by atoms with E-state index in [1.807, 2.05) is 11.3 Å². The van der Waals surface area contributed by atoms with E-state index in [0.717, 1.165) is 11.8 Å². The van der Waals surface area contributed by atoms with E-state index < -0.39 is 0 Å². The maximum Gasteiger partial charge on any atom is 0.0285 e. The maximum atomic E-state index is 3.56. The predicted molar refractivity (Wildman–Crippen MR) is 75.1 cm³/mol. The summed E-state index contributed by atoms with van der Waals surface area (Å²) in [6.07, 6.45) is 4.11. The number of nitrogens with one attached hydrogen (secondary N) is 1. The summed E-state index contributed by atoms with van der Waals surface area (Å²) in [4.78, 5) is 1.53. The third-order valence-corrected chi connectivity index (χ3v) is 5.17. The van der Waals surface area contributed by atoms with E-state index in [1.165, 1.54) is 35.2 Å². The predicted octanol–water partition coefficient (Wildman–Crippen LogP) is 4.08. The molecule has 0 aromatic carbocycles. The lowest BCUT2D eigenvalue weighted by atomic mass is 9.71. The van der Waals surface area contributed by atoms with Crippen LogP contribution in [0.3, 0.4) is 0 Å². The number of hydrogen-bond donors (Lipinski definition) is 1. The van der Waals surface area contributed by atoms with Crippen molar-refractivity contribution in [2.24, 2.45) is 11.8 Å². The molecule has 1 aliphatic rings. The number of rotatable bonds is 5. The van der Waals surface area contributed by atoms with Gasteiger partial charge in [0.15, 0.2) is 0 Å². The van der Waals surface area contributed by atoms with Gasteiger partial charge in [0.05, 0.1) is 0 Å². The molecule has 2 atom stereocenters. The van der Waals surface area contributed by atoms with Crippen molar-refractivity contribution in [1.29, 1.82) is 0 Å². The first-order valence-corrected chi connectivity index (χ1v) is 7.78. The van der Waals surface area contributed by atoms with Gasteiger partial charge in [-0.1, -0.05) is 13.8 Å².